The molecule has 1 aromatic heterocycles. The summed E-state index contributed by atoms with van der Waals surface area (Å²) in [6.07, 6.45) is 2.02. The van der Waals surface area contributed by atoms with Gasteiger partial charge in [0.25, 0.3) is 0 Å². The molecule has 0 aliphatic carbocycles. The third-order valence-electron chi connectivity index (χ3n) is 3.79. The molecule has 1 N–H and O–H groups in total. The van der Waals surface area contributed by atoms with Crippen LogP contribution in [0.2, 0.25) is 0 Å². The first-order valence-corrected chi connectivity index (χ1v) is 7.70. The summed E-state index contributed by atoms with van der Waals surface area (Å²) in [5.74, 6) is 3.08. The largest absolute Gasteiger partial charge is 0.370 e. The Labute approximate surface area is 122 Å². The second-order valence-electron chi connectivity index (χ2n) is 5.51. The zero-order chi connectivity index (χ0) is 14.5. The summed E-state index contributed by atoms with van der Waals surface area (Å²) >= 11 is 0. The minimum Gasteiger partial charge on any atom is -0.370 e. The Balaban J connectivity index is 2.29. The fourth-order valence-corrected chi connectivity index (χ4v) is 2.55. The van der Waals surface area contributed by atoms with E-state index in [1.54, 1.807) is 0 Å². The highest BCUT2D eigenvalue weighted by atomic mass is 15.3. The lowest BCUT2D eigenvalue weighted by molar-refractivity contribution is 0.312. The van der Waals surface area contributed by atoms with Crippen LogP contribution in [0.5, 0.6) is 0 Å². The van der Waals surface area contributed by atoms with E-state index in [0.717, 1.165) is 63.0 Å². The SMILES string of the molecule is CCCc1nc(NCC)c(C)c(N2CCN(C)CC2)n1. The molecule has 0 saturated carbocycles. The molecule has 5 heteroatoms. The van der Waals surface area contributed by atoms with Crippen LogP contribution in [0.4, 0.5) is 11.6 Å². The zero-order valence-corrected chi connectivity index (χ0v) is 13.2. The van der Waals surface area contributed by atoms with E-state index in [9.17, 15) is 0 Å². The van der Waals surface area contributed by atoms with Crippen LogP contribution in [-0.4, -0.2) is 54.6 Å². The third kappa shape index (κ3) is 3.39. The quantitative estimate of drug-likeness (QED) is 0.891. The molecular formula is C15H27N5. The Kier molecular flexibility index (Phi) is 5.17. The molecular weight excluding hydrogens is 250 g/mol. The van der Waals surface area contributed by atoms with Crippen LogP contribution < -0.4 is 10.2 Å². The molecule has 112 valence electrons. The first kappa shape index (κ1) is 15.0. The van der Waals surface area contributed by atoms with Gasteiger partial charge in [0.05, 0.1) is 0 Å². The maximum absolute atomic E-state index is 4.81. The molecule has 1 saturated heterocycles. The molecule has 2 heterocycles. The van der Waals surface area contributed by atoms with Gasteiger partial charge in [0.1, 0.15) is 17.5 Å². The zero-order valence-electron chi connectivity index (χ0n) is 13.2. The lowest BCUT2D eigenvalue weighted by Gasteiger charge is -2.34. The first-order chi connectivity index (χ1) is 9.65. The predicted molar refractivity (Wildman–Crippen MR) is 84.6 cm³/mol. The van der Waals surface area contributed by atoms with Crippen molar-refractivity contribution in [1.29, 1.82) is 0 Å². The summed E-state index contributed by atoms with van der Waals surface area (Å²) in [6, 6.07) is 0. The number of anilines is 2. The van der Waals surface area contributed by atoms with Crippen molar-refractivity contribution in [3.05, 3.63) is 11.4 Å². The van der Waals surface area contributed by atoms with Gasteiger partial charge in [-0.3, -0.25) is 0 Å². The fourth-order valence-electron chi connectivity index (χ4n) is 2.55. The Bertz CT molecular complexity index is 438. The lowest BCUT2D eigenvalue weighted by atomic mass is 10.2. The molecule has 0 spiro atoms. The van der Waals surface area contributed by atoms with Crippen LogP contribution >= 0.6 is 0 Å². The third-order valence-corrected chi connectivity index (χ3v) is 3.79. The van der Waals surface area contributed by atoms with E-state index in [0.29, 0.717) is 0 Å². The molecule has 5 nitrogen and oxygen atoms in total. The molecule has 2 rings (SSSR count). The molecule has 0 unspecified atom stereocenters. The lowest BCUT2D eigenvalue weighted by Crippen LogP contribution is -2.45. The van der Waals surface area contributed by atoms with Gasteiger partial charge >= 0.3 is 0 Å². The molecule has 0 radical (unpaired) electrons. The Morgan fingerprint density at radius 3 is 2.40 bits per heavy atom. The van der Waals surface area contributed by atoms with E-state index >= 15 is 0 Å². The van der Waals surface area contributed by atoms with Crippen molar-refractivity contribution < 1.29 is 0 Å². The predicted octanol–water partition coefficient (Wildman–Crippen LogP) is 1.92. The normalized spacial score (nSPS) is 16.5. The second kappa shape index (κ2) is 6.88. The van der Waals surface area contributed by atoms with Crippen LogP contribution in [0.15, 0.2) is 0 Å². The van der Waals surface area contributed by atoms with Crippen molar-refractivity contribution in [2.75, 3.05) is 50.0 Å². The van der Waals surface area contributed by atoms with E-state index in [1.165, 1.54) is 5.56 Å². The fraction of sp³-hybridized carbons (Fsp3) is 0.733. The Hall–Kier alpha value is -1.36. The van der Waals surface area contributed by atoms with Crippen LogP contribution in [0.25, 0.3) is 0 Å². The summed E-state index contributed by atoms with van der Waals surface area (Å²) in [4.78, 5) is 14.2. The number of piperazine rings is 1. The van der Waals surface area contributed by atoms with Crippen LogP contribution in [0, 0.1) is 6.92 Å². The van der Waals surface area contributed by atoms with Gasteiger partial charge in [0.2, 0.25) is 0 Å². The molecule has 0 bridgehead atoms. The van der Waals surface area contributed by atoms with Crippen molar-refractivity contribution in [3.63, 3.8) is 0 Å². The minimum atomic E-state index is 0.894. The van der Waals surface area contributed by atoms with Crippen molar-refractivity contribution in [2.45, 2.75) is 33.6 Å². The van der Waals surface area contributed by atoms with Crippen molar-refractivity contribution in [2.24, 2.45) is 0 Å². The number of hydrogen-bond donors (Lipinski definition) is 1. The van der Waals surface area contributed by atoms with Gasteiger partial charge in [-0.2, -0.15) is 0 Å². The summed E-state index contributed by atoms with van der Waals surface area (Å²) in [5, 5.41) is 3.37. The van der Waals surface area contributed by atoms with E-state index in [4.69, 9.17) is 4.98 Å². The van der Waals surface area contributed by atoms with Crippen LogP contribution in [-0.2, 0) is 6.42 Å². The van der Waals surface area contributed by atoms with Crippen molar-refractivity contribution >= 4 is 11.6 Å². The van der Waals surface area contributed by atoms with E-state index in [1.807, 2.05) is 0 Å². The van der Waals surface area contributed by atoms with Gasteiger partial charge in [-0.15, -0.1) is 0 Å². The molecule has 1 aromatic rings. The molecule has 0 amide bonds. The molecule has 1 aliphatic rings. The van der Waals surface area contributed by atoms with Gasteiger partial charge < -0.3 is 15.1 Å². The van der Waals surface area contributed by atoms with Gasteiger partial charge in [-0.05, 0) is 27.3 Å². The summed E-state index contributed by atoms with van der Waals surface area (Å²) in [6.45, 7) is 11.6. The summed E-state index contributed by atoms with van der Waals surface area (Å²) in [7, 11) is 2.18. The van der Waals surface area contributed by atoms with Crippen LogP contribution in [0.3, 0.4) is 0 Å². The average Bonchev–Trinajstić information content (AvgIpc) is 2.44. The Morgan fingerprint density at radius 2 is 1.80 bits per heavy atom. The number of nitrogens with zero attached hydrogens (tertiary/aromatic N) is 4. The number of rotatable bonds is 5. The van der Waals surface area contributed by atoms with Gasteiger partial charge in [-0.1, -0.05) is 6.92 Å². The monoisotopic (exact) mass is 277 g/mol. The highest BCUT2D eigenvalue weighted by molar-refractivity contribution is 5.59. The van der Waals surface area contributed by atoms with Gasteiger partial charge in [0.15, 0.2) is 0 Å². The second-order valence-corrected chi connectivity index (χ2v) is 5.51. The maximum atomic E-state index is 4.81. The number of likely N-dealkylation sites (N-methyl/N-ethyl adjacent to an activating group) is 1. The van der Waals surface area contributed by atoms with Crippen molar-refractivity contribution in [1.82, 2.24) is 14.9 Å². The standard InChI is InChI=1S/C15H27N5/c1-5-7-13-17-14(16-6-2)12(3)15(18-13)20-10-8-19(4)9-11-20/h5-11H2,1-4H3,(H,16,17,18). The van der Waals surface area contributed by atoms with Crippen molar-refractivity contribution in [3.8, 4) is 0 Å². The highest BCUT2D eigenvalue weighted by Crippen LogP contribution is 2.24. The van der Waals surface area contributed by atoms with Crippen LogP contribution in [0.1, 0.15) is 31.7 Å². The summed E-state index contributed by atoms with van der Waals surface area (Å²) in [5.41, 5.74) is 1.18. The molecule has 0 aromatic carbocycles. The number of nitrogens with one attached hydrogen (secondary N) is 1. The smallest absolute Gasteiger partial charge is 0.137 e. The number of hydrogen-bond acceptors (Lipinski definition) is 5. The maximum Gasteiger partial charge on any atom is 0.137 e. The first-order valence-electron chi connectivity index (χ1n) is 7.70. The Morgan fingerprint density at radius 1 is 1.10 bits per heavy atom. The summed E-state index contributed by atoms with van der Waals surface area (Å²) < 4.78 is 0. The topological polar surface area (TPSA) is 44.3 Å². The van der Waals surface area contributed by atoms with Gasteiger partial charge in [0, 0.05) is 44.7 Å². The molecule has 0 atom stereocenters. The van der Waals surface area contributed by atoms with E-state index in [-0.39, 0.29) is 0 Å². The van der Waals surface area contributed by atoms with E-state index in [2.05, 4.69) is 47.9 Å². The van der Waals surface area contributed by atoms with E-state index < -0.39 is 0 Å². The molecule has 1 aliphatic heterocycles. The molecule has 1 fully saturated rings. The minimum absolute atomic E-state index is 0.894. The number of aromatic nitrogens is 2. The van der Waals surface area contributed by atoms with Gasteiger partial charge in [-0.25, -0.2) is 9.97 Å². The number of aryl methyl sites for hydroxylation is 1. The molecule has 20 heavy (non-hydrogen) atoms. The highest BCUT2D eigenvalue weighted by Gasteiger charge is 2.20. The average molecular weight is 277 g/mol.